The zero-order valence-electron chi connectivity index (χ0n) is 18.5. The van der Waals surface area contributed by atoms with Gasteiger partial charge in [0.1, 0.15) is 0 Å². The molecule has 178 valence electrons. The van der Waals surface area contributed by atoms with Crippen molar-refractivity contribution < 1.29 is 39.6 Å². The predicted molar refractivity (Wildman–Crippen MR) is 131 cm³/mol. The van der Waals surface area contributed by atoms with Crippen LogP contribution in [-0.4, -0.2) is 44.3 Å². The molecule has 0 spiro atoms. The second kappa shape index (κ2) is 9.55. The molecule has 0 saturated heterocycles. The van der Waals surface area contributed by atoms with E-state index in [0.29, 0.717) is 22.3 Å². The van der Waals surface area contributed by atoms with E-state index in [1.165, 1.54) is 42.5 Å². The van der Waals surface area contributed by atoms with Gasteiger partial charge >= 0.3 is 23.9 Å². The van der Waals surface area contributed by atoms with Crippen LogP contribution in [0.1, 0.15) is 41.4 Å². The van der Waals surface area contributed by atoms with Crippen molar-refractivity contribution in [2.24, 2.45) is 0 Å². The van der Waals surface area contributed by atoms with Crippen LogP contribution in [0.5, 0.6) is 0 Å². The van der Waals surface area contributed by atoms with Crippen molar-refractivity contribution in [2.75, 3.05) is 0 Å². The van der Waals surface area contributed by atoms with Crippen molar-refractivity contribution in [1.82, 2.24) is 0 Å². The number of rotatable bonds is 7. The maximum absolute atomic E-state index is 12.4. The third kappa shape index (κ3) is 4.69. The summed E-state index contributed by atoms with van der Waals surface area (Å²) < 4.78 is 0. The lowest BCUT2D eigenvalue weighted by Crippen LogP contribution is -2.05. The Bertz CT molecular complexity index is 1490. The molecule has 0 amide bonds. The first-order valence-electron chi connectivity index (χ1n) is 10.6. The molecule has 0 saturated carbocycles. The van der Waals surface area contributed by atoms with Crippen molar-refractivity contribution >= 4 is 23.9 Å². The third-order valence-electron chi connectivity index (χ3n) is 5.64. The van der Waals surface area contributed by atoms with E-state index in [2.05, 4.69) is 0 Å². The Morgan fingerprint density at radius 1 is 0.417 bits per heavy atom. The average molecular weight is 482 g/mol. The molecule has 0 fully saturated rings. The van der Waals surface area contributed by atoms with Crippen molar-refractivity contribution in [3.05, 3.63) is 107 Å². The summed E-state index contributed by atoms with van der Waals surface area (Å²) in [6.45, 7) is 0. The first kappa shape index (κ1) is 23.9. The number of carbonyl (C=O) groups is 4. The molecule has 0 bridgehead atoms. The first-order valence-corrected chi connectivity index (χ1v) is 10.6. The smallest absolute Gasteiger partial charge is 0.336 e. The van der Waals surface area contributed by atoms with E-state index in [1.807, 2.05) is 0 Å². The highest BCUT2D eigenvalue weighted by molar-refractivity contribution is 6.05. The summed E-state index contributed by atoms with van der Waals surface area (Å²) in [5, 5.41) is 38.4. The standard InChI is InChI=1S/C28H18O8/c29-25(30)17-8-6-16(7-9-17)23-14-19(18-10-20(26(31)32)12-21(11-18)27(33)34)13-22(24(23)28(35)36)15-4-2-1-3-5-15/h1-14H,(H,29,30)(H,31,32)(H,33,34)(H,35,36). The van der Waals surface area contributed by atoms with Gasteiger partial charge in [0.15, 0.2) is 0 Å². The van der Waals surface area contributed by atoms with Crippen LogP contribution in [-0.2, 0) is 0 Å². The number of carboxylic acids is 4. The Morgan fingerprint density at radius 2 is 0.861 bits per heavy atom. The van der Waals surface area contributed by atoms with E-state index < -0.39 is 23.9 Å². The molecule has 4 rings (SSSR count). The molecule has 0 aromatic heterocycles. The highest BCUT2D eigenvalue weighted by Gasteiger charge is 2.22. The third-order valence-corrected chi connectivity index (χ3v) is 5.64. The summed E-state index contributed by atoms with van der Waals surface area (Å²) >= 11 is 0. The summed E-state index contributed by atoms with van der Waals surface area (Å²) in [6.07, 6.45) is 0. The van der Waals surface area contributed by atoms with Crippen molar-refractivity contribution in [2.45, 2.75) is 0 Å². The Morgan fingerprint density at radius 3 is 1.31 bits per heavy atom. The van der Waals surface area contributed by atoms with Crippen LogP contribution < -0.4 is 0 Å². The Labute approximate surface area is 204 Å². The average Bonchev–Trinajstić information content (AvgIpc) is 2.88. The Balaban J connectivity index is 2.07. The number of aromatic carboxylic acids is 4. The number of benzene rings is 4. The molecule has 0 aliphatic rings. The maximum atomic E-state index is 12.4. The second-order valence-corrected chi connectivity index (χ2v) is 7.91. The lowest BCUT2D eigenvalue weighted by atomic mass is 9.87. The molecule has 0 unspecified atom stereocenters. The first-order chi connectivity index (χ1) is 17.2. The van der Waals surface area contributed by atoms with E-state index in [0.717, 1.165) is 6.07 Å². The summed E-state index contributed by atoms with van der Waals surface area (Å²) in [5.41, 5.74) is 1.76. The summed E-state index contributed by atoms with van der Waals surface area (Å²) in [7, 11) is 0. The van der Waals surface area contributed by atoms with Crippen molar-refractivity contribution in [3.63, 3.8) is 0 Å². The van der Waals surface area contributed by atoms with Gasteiger partial charge < -0.3 is 20.4 Å². The molecular formula is C28H18O8. The minimum atomic E-state index is -1.31. The van der Waals surface area contributed by atoms with Crippen LogP contribution >= 0.6 is 0 Å². The van der Waals surface area contributed by atoms with Gasteiger partial charge in [0.2, 0.25) is 0 Å². The molecule has 0 radical (unpaired) electrons. The molecule has 4 aromatic rings. The van der Waals surface area contributed by atoms with Gasteiger partial charge in [-0.2, -0.15) is 0 Å². The summed E-state index contributed by atoms with van der Waals surface area (Å²) in [4.78, 5) is 47.0. The Kier molecular flexibility index (Phi) is 6.34. The fourth-order valence-corrected chi connectivity index (χ4v) is 3.95. The lowest BCUT2D eigenvalue weighted by Gasteiger charge is -2.16. The number of hydrogen-bond acceptors (Lipinski definition) is 4. The Hall–Kier alpha value is -5.24. The number of hydrogen-bond donors (Lipinski definition) is 4. The highest BCUT2D eigenvalue weighted by atomic mass is 16.4. The van der Waals surface area contributed by atoms with Gasteiger partial charge in [-0.25, -0.2) is 19.2 Å². The minimum absolute atomic E-state index is 0.0234. The van der Waals surface area contributed by atoms with Gasteiger partial charge in [-0.05, 0) is 75.8 Å². The van der Waals surface area contributed by atoms with E-state index >= 15 is 0 Å². The van der Waals surface area contributed by atoms with Gasteiger partial charge in [0.25, 0.3) is 0 Å². The van der Waals surface area contributed by atoms with E-state index in [-0.39, 0.29) is 33.4 Å². The molecule has 0 atom stereocenters. The van der Waals surface area contributed by atoms with Gasteiger partial charge in [0.05, 0.1) is 22.3 Å². The summed E-state index contributed by atoms with van der Waals surface area (Å²) in [6, 6.07) is 21.1. The zero-order chi connectivity index (χ0) is 26.0. The van der Waals surface area contributed by atoms with Crippen LogP contribution in [0.25, 0.3) is 33.4 Å². The molecule has 4 N–H and O–H groups in total. The maximum Gasteiger partial charge on any atom is 0.336 e. The molecule has 36 heavy (non-hydrogen) atoms. The molecule has 0 heterocycles. The van der Waals surface area contributed by atoms with Crippen LogP contribution in [0.15, 0.2) is 84.9 Å². The van der Waals surface area contributed by atoms with Crippen molar-refractivity contribution in [3.8, 4) is 33.4 Å². The van der Waals surface area contributed by atoms with E-state index in [1.54, 1.807) is 36.4 Å². The molecule has 4 aromatic carbocycles. The van der Waals surface area contributed by atoms with Gasteiger partial charge in [0, 0.05) is 0 Å². The molecular weight excluding hydrogens is 464 g/mol. The van der Waals surface area contributed by atoms with Crippen LogP contribution in [0.3, 0.4) is 0 Å². The minimum Gasteiger partial charge on any atom is -0.478 e. The quantitative estimate of drug-likeness (QED) is 0.270. The van der Waals surface area contributed by atoms with Gasteiger partial charge in [-0.3, -0.25) is 0 Å². The SMILES string of the molecule is O=C(O)c1ccc(-c2cc(-c3cc(C(=O)O)cc(C(=O)O)c3)cc(-c3ccccc3)c2C(=O)O)cc1. The van der Waals surface area contributed by atoms with Gasteiger partial charge in [-0.15, -0.1) is 0 Å². The van der Waals surface area contributed by atoms with E-state index in [9.17, 15) is 39.6 Å². The molecule has 8 nitrogen and oxygen atoms in total. The number of carboxylic acid groups (broad SMARTS) is 4. The molecule has 8 heteroatoms. The van der Waals surface area contributed by atoms with Crippen LogP contribution in [0.4, 0.5) is 0 Å². The monoisotopic (exact) mass is 482 g/mol. The molecule has 0 aliphatic heterocycles. The lowest BCUT2D eigenvalue weighted by molar-refractivity contribution is 0.0681. The fourth-order valence-electron chi connectivity index (χ4n) is 3.95. The van der Waals surface area contributed by atoms with Crippen LogP contribution in [0.2, 0.25) is 0 Å². The van der Waals surface area contributed by atoms with E-state index in [4.69, 9.17) is 0 Å². The van der Waals surface area contributed by atoms with Crippen molar-refractivity contribution in [1.29, 1.82) is 0 Å². The largest absolute Gasteiger partial charge is 0.478 e. The van der Waals surface area contributed by atoms with Crippen LogP contribution in [0, 0.1) is 0 Å². The predicted octanol–water partition coefficient (Wildman–Crippen LogP) is 5.48. The molecule has 0 aliphatic carbocycles. The topological polar surface area (TPSA) is 149 Å². The normalized spacial score (nSPS) is 10.6. The zero-order valence-corrected chi connectivity index (χ0v) is 18.5. The highest BCUT2D eigenvalue weighted by Crippen LogP contribution is 2.38. The second-order valence-electron chi connectivity index (χ2n) is 7.91. The fraction of sp³-hybridized carbons (Fsp3) is 0. The van der Waals surface area contributed by atoms with Gasteiger partial charge in [-0.1, -0.05) is 42.5 Å². The summed E-state index contributed by atoms with van der Waals surface area (Å²) in [5.74, 6) is -4.97.